The second kappa shape index (κ2) is 6.27. The molecule has 0 radical (unpaired) electrons. The van der Waals surface area contributed by atoms with Gasteiger partial charge in [0.15, 0.2) is 0 Å². The molecule has 0 atom stereocenters. The van der Waals surface area contributed by atoms with Crippen molar-refractivity contribution in [2.45, 2.75) is 63.0 Å². The third kappa shape index (κ3) is 3.94. The highest BCUT2D eigenvalue weighted by molar-refractivity contribution is 7.99. The Balaban J connectivity index is 1.73. The molecule has 2 nitrogen and oxygen atoms in total. The SMILES string of the molecule is OC1(CNC2CCSCC2)CCCCCC1. The van der Waals surface area contributed by atoms with E-state index in [1.54, 1.807) is 0 Å². The summed E-state index contributed by atoms with van der Waals surface area (Å²) >= 11 is 2.06. The lowest BCUT2D eigenvalue weighted by Gasteiger charge is -2.31. The van der Waals surface area contributed by atoms with Crippen LogP contribution < -0.4 is 5.32 Å². The molecule has 0 amide bonds. The molecule has 1 saturated carbocycles. The fraction of sp³-hybridized carbons (Fsp3) is 1.00. The molecule has 1 heterocycles. The minimum absolute atomic E-state index is 0.402. The first-order valence-electron chi connectivity index (χ1n) is 6.82. The first-order chi connectivity index (χ1) is 7.79. The average molecular weight is 243 g/mol. The van der Waals surface area contributed by atoms with Crippen molar-refractivity contribution < 1.29 is 5.11 Å². The van der Waals surface area contributed by atoms with Crippen LogP contribution in [0.25, 0.3) is 0 Å². The summed E-state index contributed by atoms with van der Waals surface area (Å²) < 4.78 is 0. The maximum Gasteiger partial charge on any atom is 0.0771 e. The van der Waals surface area contributed by atoms with Gasteiger partial charge in [-0.05, 0) is 37.2 Å². The maximum atomic E-state index is 10.5. The summed E-state index contributed by atoms with van der Waals surface area (Å²) in [7, 11) is 0. The number of rotatable bonds is 3. The Bertz CT molecular complexity index is 196. The van der Waals surface area contributed by atoms with Crippen molar-refractivity contribution in [3.63, 3.8) is 0 Å². The van der Waals surface area contributed by atoms with Crippen molar-refractivity contribution in [3.8, 4) is 0 Å². The fourth-order valence-electron chi connectivity index (χ4n) is 2.80. The molecule has 0 bridgehead atoms. The molecule has 0 aromatic heterocycles. The number of hydrogen-bond donors (Lipinski definition) is 2. The predicted molar refractivity (Wildman–Crippen MR) is 71.0 cm³/mol. The van der Waals surface area contributed by atoms with E-state index in [2.05, 4.69) is 17.1 Å². The van der Waals surface area contributed by atoms with E-state index in [0.717, 1.165) is 19.4 Å². The summed E-state index contributed by atoms with van der Waals surface area (Å²) in [4.78, 5) is 0. The molecule has 1 aliphatic heterocycles. The highest BCUT2D eigenvalue weighted by Crippen LogP contribution is 2.27. The summed E-state index contributed by atoms with van der Waals surface area (Å²) in [5, 5.41) is 14.1. The largest absolute Gasteiger partial charge is 0.389 e. The van der Waals surface area contributed by atoms with Gasteiger partial charge in [0.25, 0.3) is 0 Å². The van der Waals surface area contributed by atoms with Gasteiger partial charge in [0.2, 0.25) is 0 Å². The van der Waals surface area contributed by atoms with E-state index in [9.17, 15) is 5.11 Å². The molecule has 2 rings (SSSR count). The normalized spacial score (nSPS) is 27.6. The molecule has 2 aliphatic rings. The van der Waals surface area contributed by atoms with Gasteiger partial charge in [-0.1, -0.05) is 25.7 Å². The first kappa shape index (κ1) is 12.7. The summed E-state index contributed by atoms with van der Waals surface area (Å²) in [6, 6.07) is 0.661. The molecule has 1 aliphatic carbocycles. The molecule has 2 fully saturated rings. The van der Waals surface area contributed by atoms with E-state index in [0.29, 0.717) is 6.04 Å². The lowest BCUT2D eigenvalue weighted by atomic mass is 9.94. The molecule has 0 unspecified atom stereocenters. The molecular formula is C13H25NOS. The standard InChI is InChI=1S/C13H25NOS/c15-13(7-3-1-2-4-8-13)11-14-12-5-9-16-10-6-12/h12,14-15H,1-11H2. The van der Waals surface area contributed by atoms with Crippen molar-refractivity contribution in [1.82, 2.24) is 5.32 Å². The number of aliphatic hydroxyl groups is 1. The zero-order chi connectivity index (χ0) is 11.3. The minimum Gasteiger partial charge on any atom is -0.389 e. The molecule has 94 valence electrons. The second-order valence-electron chi connectivity index (χ2n) is 5.41. The van der Waals surface area contributed by atoms with Gasteiger partial charge in [0.05, 0.1) is 5.60 Å². The van der Waals surface area contributed by atoms with E-state index in [-0.39, 0.29) is 0 Å². The van der Waals surface area contributed by atoms with Gasteiger partial charge in [-0.15, -0.1) is 0 Å². The van der Waals surface area contributed by atoms with E-state index in [1.165, 1.54) is 50.0 Å². The topological polar surface area (TPSA) is 32.3 Å². The van der Waals surface area contributed by atoms with E-state index >= 15 is 0 Å². The summed E-state index contributed by atoms with van der Waals surface area (Å²) in [5.74, 6) is 2.58. The van der Waals surface area contributed by atoms with Crippen LogP contribution in [0.3, 0.4) is 0 Å². The third-order valence-corrected chi connectivity index (χ3v) is 5.02. The first-order valence-corrected chi connectivity index (χ1v) is 7.98. The molecule has 0 spiro atoms. The van der Waals surface area contributed by atoms with Crippen LogP contribution in [-0.4, -0.2) is 34.8 Å². The monoisotopic (exact) mass is 243 g/mol. The van der Waals surface area contributed by atoms with Crippen LogP contribution >= 0.6 is 11.8 Å². The van der Waals surface area contributed by atoms with E-state index in [4.69, 9.17) is 0 Å². The van der Waals surface area contributed by atoms with Crippen molar-refractivity contribution >= 4 is 11.8 Å². The van der Waals surface area contributed by atoms with Crippen molar-refractivity contribution in [3.05, 3.63) is 0 Å². The molecule has 16 heavy (non-hydrogen) atoms. The molecule has 0 aromatic carbocycles. The highest BCUT2D eigenvalue weighted by Gasteiger charge is 2.28. The van der Waals surface area contributed by atoms with Gasteiger partial charge in [0, 0.05) is 12.6 Å². The number of hydrogen-bond acceptors (Lipinski definition) is 3. The van der Waals surface area contributed by atoms with Crippen molar-refractivity contribution in [1.29, 1.82) is 0 Å². The molecule has 2 N–H and O–H groups in total. The van der Waals surface area contributed by atoms with E-state index in [1.807, 2.05) is 0 Å². The Morgan fingerprint density at radius 1 is 1.06 bits per heavy atom. The zero-order valence-corrected chi connectivity index (χ0v) is 11.0. The van der Waals surface area contributed by atoms with Crippen LogP contribution in [-0.2, 0) is 0 Å². The molecular weight excluding hydrogens is 218 g/mol. The predicted octanol–water partition coefficient (Wildman–Crippen LogP) is 2.56. The van der Waals surface area contributed by atoms with Crippen LogP contribution in [0.1, 0.15) is 51.4 Å². The van der Waals surface area contributed by atoms with Crippen LogP contribution in [0.5, 0.6) is 0 Å². The smallest absolute Gasteiger partial charge is 0.0771 e. The lowest BCUT2D eigenvalue weighted by molar-refractivity contribution is 0.0225. The maximum absolute atomic E-state index is 10.5. The Hall–Kier alpha value is 0.270. The Morgan fingerprint density at radius 2 is 1.69 bits per heavy atom. The fourth-order valence-corrected chi connectivity index (χ4v) is 3.91. The molecule has 0 aromatic rings. The average Bonchev–Trinajstić information content (AvgIpc) is 2.54. The minimum atomic E-state index is -0.402. The lowest BCUT2D eigenvalue weighted by Crippen LogP contribution is -2.45. The number of nitrogens with one attached hydrogen (secondary N) is 1. The van der Waals surface area contributed by atoms with Crippen LogP contribution in [0, 0.1) is 0 Å². The Morgan fingerprint density at radius 3 is 2.31 bits per heavy atom. The van der Waals surface area contributed by atoms with Gasteiger partial charge in [-0.2, -0.15) is 11.8 Å². The van der Waals surface area contributed by atoms with Crippen LogP contribution in [0.4, 0.5) is 0 Å². The Kier molecular flexibility index (Phi) is 4.98. The molecule has 3 heteroatoms. The quantitative estimate of drug-likeness (QED) is 0.747. The molecule has 1 saturated heterocycles. The summed E-state index contributed by atoms with van der Waals surface area (Å²) in [6.45, 7) is 0.822. The highest BCUT2D eigenvalue weighted by atomic mass is 32.2. The van der Waals surface area contributed by atoms with Crippen molar-refractivity contribution in [2.24, 2.45) is 0 Å². The van der Waals surface area contributed by atoms with Crippen LogP contribution in [0.2, 0.25) is 0 Å². The third-order valence-electron chi connectivity index (χ3n) is 3.98. The summed E-state index contributed by atoms with van der Waals surface area (Å²) in [5.41, 5.74) is -0.402. The van der Waals surface area contributed by atoms with E-state index < -0.39 is 5.60 Å². The van der Waals surface area contributed by atoms with Gasteiger partial charge in [0.1, 0.15) is 0 Å². The van der Waals surface area contributed by atoms with Gasteiger partial charge in [-0.25, -0.2) is 0 Å². The second-order valence-corrected chi connectivity index (χ2v) is 6.63. The Labute approximate surface area is 104 Å². The summed E-state index contributed by atoms with van der Waals surface area (Å²) in [6.07, 6.45) is 9.59. The van der Waals surface area contributed by atoms with Crippen LogP contribution in [0.15, 0.2) is 0 Å². The van der Waals surface area contributed by atoms with Gasteiger partial charge in [-0.3, -0.25) is 0 Å². The zero-order valence-electron chi connectivity index (χ0n) is 10.2. The van der Waals surface area contributed by atoms with Gasteiger partial charge < -0.3 is 10.4 Å². The van der Waals surface area contributed by atoms with Crippen molar-refractivity contribution in [2.75, 3.05) is 18.1 Å². The van der Waals surface area contributed by atoms with Gasteiger partial charge >= 0.3 is 0 Å². The number of thioether (sulfide) groups is 1.